The molecule has 0 saturated carbocycles. The largest absolute Gasteiger partial charge is 0.396 e. The Kier molecular flexibility index (Phi) is 2.45. The fraction of sp³-hybridized carbons (Fsp3) is 1.00. The summed E-state index contributed by atoms with van der Waals surface area (Å²) < 4.78 is 0. The van der Waals surface area contributed by atoms with Gasteiger partial charge in [-0.3, -0.25) is 0 Å². The number of hydrogen-bond acceptors (Lipinski definition) is 3. The van der Waals surface area contributed by atoms with Gasteiger partial charge in [0.15, 0.2) is 0 Å². The van der Waals surface area contributed by atoms with Crippen LogP contribution in [-0.2, 0) is 0 Å². The molecule has 2 unspecified atom stereocenters. The summed E-state index contributed by atoms with van der Waals surface area (Å²) in [4.78, 5) is 0. The van der Waals surface area contributed by atoms with Gasteiger partial charge in [-0.2, -0.15) is 0 Å². The number of rotatable bonds is 2. The molecule has 2 atom stereocenters. The molecule has 0 aromatic carbocycles. The van der Waals surface area contributed by atoms with Crippen molar-refractivity contribution in [1.29, 1.82) is 0 Å². The van der Waals surface area contributed by atoms with Crippen molar-refractivity contribution >= 4 is 0 Å². The van der Waals surface area contributed by atoms with Crippen LogP contribution in [0.1, 0.15) is 12.8 Å². The minimum atomic E-state index is -0.193. The van der Waals surface area contributed by atoms with Crippen molar-refractivity contribution in [3.8, 4) is 0 Å². The first-order valence-corrected chi connectivity index (χ1v) is 3.35. The topological polar surface area (TPSA) is 52.5 Å². The number of aliphatic hydroxyl groups excluding tert-OH is 2. The highest BCUT2D eigenvalue weighted by atomic mass is 16.3. The van der Waals surface area contributed by atoms with Crippen LogP contribution in [0.4, 0.5) is 0 Å². The first kappa shape index (κ1) is 6.99. The Balaban J connectivity index is 2.14. The monoisotopic (exact) mass is 131 g/mol. The van der Waals surface area contributed by atoms with Gasteiger partial charge in [0.2, 0.25) is 0 Å². The molecule has 1 fully saturated rings. The second-order valence-corrected chi connectivity index (χ2v) is 2.51. The quantitative estimate of drug-likeness (QED) is 0.455. The molecular formula is C6H13NO2. The molecule has 0 bridgehead atoms. The maximum atomic E-state index is 8.98. The van der Waals surface area contributed by atoms with E-state index in [2.05, 4.69) is 5.32 Å². The summed E-state index contributed by atoms with van der Waals surface area (Å²) in [5.74, 6) is 0. The zero-order chi connectivity index (χ0) is 6.69. The first-order valence-electron chi connectivity index (χ1n) is 3.35. The van der Waals surface area contributed by atoms with E-state index >= 15 is 0 Å². The molecule has 1 aliphatic rings. The molecule has 3 nitrogen and oxygen atoms in total. The molecule has 1 aliphatic heterocycles. The van der Waals surface area contributed by atoms with Crippen LogP contribution in [0.5, 0.6) is 0 Å². The molecule has 0 aromatic rings. The average molecular weight is 131 g/mol. The highest BCUT2D eigenvalue weighted by Gasteiger charge is 2.20. The molecule has 0 aliphatic carbocycles. The fourth-order valence-corrected chi connectivity index (χ4v) is 1.17. The molecule has 1 heterocycles. The summed E-state index contributed by atoms with van der Waals surface area (Å²) in [5.41, 5.74) is 0. The van der Waals surface area contributed by atoms with Crippen molar-refractivity contribution in [2.24, 2.45) is 0 Å². The predicted octanol–water partition coefficient (Wildman–Crippen LogP) is -0.908. The van der Waals surface area contributed by atoms with E-state index in [1.807, 2.05) is 0 Å². The molecule has 0 amide bonds. The SMILES string of the molecule is OCCC1CC(O)CN1. The summed E-state index contributed by atoms with van der Waals surface area (Å²) in [6.45, 7) is 0.898. The lowest BCUT2D eigenvalue weighted by Crippen LogP contribution is -2.22. The van der Waals surface area contributed by atoms with E-state index < -0.39 is 0 Å². The average Bonchev–Trinajstić information content (AvgIpc) is 2.17. The Hall–Kier alpha value is -0.120. The number of β-amino-alcohol motifs (C(OH)–C–C–N with tert-alkyl or cyclic N) is 1. The minimum Gasteiger partial charge on any atom is -0.396 e. The van der Waals surface area contributed by atoms with Gasteiger partial charge >= 0.3 is 0 Å². The summed E-state index contributed by atoms with van der Waals surface area (Å²) in [6.07, 6.45) is 1.36. The summed E-state index contributed by atoms with van der Waals surface area (Å²) in [7, 11) is 0. The second-order valence-electron chi connectivity index (χ2n) is 2.51. The van der Waals surface area contributed by atoms with E-state index in [0.717, 1.165) is 12.8 Å². The van der Waals surface area contributed by atoms with Crippen LogP contribution in [0.25, 0.3) is 0 Å². The summed E-state index contributed by atoms with van der Waals surface area (Å²) in [5, 5.41) is 20.6. The fourth-order valence-electron chi connectivity index (χ4n) is 1.17. The molecular weight excluding hydrogens is 118 g/mol. The van der Waals surface area contributed by atoms with E-state index in [4.69, 9.17) is 10.2 Å². The molecule has 1 saturated heterocycles. The third-order valence-electron chi connectivity index (χ3n) is 1.68. The van der Waals surface area contributed by atoms with Gasteiger partial charge < -0.3 is 15.5 Å². The number of nitrogens with one attached hydrogen (secondary N) is 1. The first-order chi connectivity index (χ1) is 4.33. The molecule has 9 heavy (non-hydrogen) atoms. The smallest absolute Gasteiger partial charge is 0.0679 e. The molecule has 54 valence electrons. The molecule has 3 N–H and O–H groups in total. The van der Waals surface area contributed by atoms with Crippen molar-refractivity contribution in [2.75, 3.05) is 13.2 Å². The van der Waals surface area contributed by atoms with E-state index in [-0.39, 0.29) is 12.7 Å². The Morgan fingerprint density at radius 2 is 2.33 bits per heavy atom. The molecule has 1 rings (SSSR count). The maximum absolute atomic E-state index is 8.98. The zero-order valence-electron chi connectivity index (χ0n) is 5.38. The van der Waals surface area contributed by atoms with Crippen LogP contribution in [0.2, 0.25) is 0 Å². The van der Waals surface area contributed by atoms with Crippen molar-refractivity contribution in [3.63, 3.8) is 0 Å². The molecule has 3 heteroatoms. The van der Waals surface area contributed by atoms with Crippen LogP contribution in [0.3, 0.4) is 0 Å². The number of aliphatic hydroxyl groups is 2. The van der Waals surface area contributed by atoms with E-state index in [1.54, 1.807) is 0 Å². The Morgan fingerprint density at radius 3 is 2.78 bits per heavy atom. The zero-order valence-corrected chi connectivity index (χ0v) is 5.38. The van der Waals surface area contributed by atoms with Gasteiger partial charge in [0.25, 0.3) is 0 Å². The lowest BCUT2D eigenvalue weighted by molar-refractivity contribution is 0.190. The van der Waals surface area contributed by atoms with Crippen molar-refractivity contribution in [2.45, 2.75) is 25.0 Å². The van der Waals surface area contributed by atoms with Gasteiger partial charge in [0.05, 0.1) is 6.10 Å². The van der Waals surface area contributed by atoms with E-state index in [0.29, 0.717) is 12.6 Å². The van der Waals surface area contributed by atoms with Gasteiger partial charge in [0.1, 0.15) is 0 Å². The summed E-state index contributed by atoms with van der Waals surface area (Å²) in [6, 6.07) is 0.338. The Morgan fingerprint density at radius 1 is 1.56 bits per heavy atom. The normalized spacial score (nSPS) is 35.3. The Bertz CT molecular complexity index is 85.1. The van der Waals surface area contributed by atoms with Crippen molar-refractivity contribution < 1.29 is 10.2 Å². The Labute approximate surface area is 54.7 Å². The standard InChI is InChI=1S/C6H13NO2/c8-2-1-5-3-6(9)4-7-5/h5-9H,1-4H2. The minimum absolute atomic E-state index is 0.193. The van der Waals surface area contributed by atoms with Crippen LogP contribution in [0, 0.1) is 0 Å². The van der Waals surface area contributed by atoms with Crippen LogP contribution < -0.4 is 5.32 Å². The molecule has 0 aromatic heterocycles. The highest BCUT2D eigenvalue weighted by Crippen LogP contribution is 2.08. The number of hydrogen-bond donors (Lipinski definition) is 3. The van der Waals surface area contributed by atoms with Crippen molar-refractivity contribution in [3.05, 3.63) is 0 Å². The van der Waals surface area contributed by atoms with Gasteiger partial charge in [-0.15, -0.1) is 0 Å². The van der Waals surface area contributed by atoms with Crippen LogP contribution >= 0.6 is 0 Å². The highest BCUT2D eigenvalue weighted by molar-refractivity contribution is 4.80. The lowest BCUT2D eigenvalue weighted by atomic mass is 10.1. The predicted molar refractivity (Wildman–Crippen MR) is 34.1 cm³/mol. The lowest BCUT2D eigenvalue weighted by Gasteiger charge is -2.05. The van der Waals surface area contributed by atoms with Crippen LogP contribution in [0.15, 0.2) is 0 Å². The summed E-state index contributed by atoms with van der Waals surface area (Å²) >= 11 is 0. The van der Waals surface area contributed by atoms with Gasteiger partial charge in [0, 0.05) is 19.2 Å². The van der Waals surface area contributed by atoms with Crippen LogP contribution in [-0.4, -0.2) is 35.5 Å². The van der Waals surface area contributed by atoms with Gasteiger partial charge in [-0.25, -0.2) is 0 Å². The van der Waals surface area contributed by atoms with E-state index in [9.17, 15) is 0 Å². The molecule has 0 spiro atoms. The van der Waals surface area contributed by atoms with Crippen molar-refractivity contribution in [1.82, 2.24) is 5.32 Å². The van der Waals surface area contributed by atoms with Gasteiger partial charge in [-0.05, 0) is 12.8 Å². The van der Waals surface area contributed by atoms with Gasteiger partial charge in [-0.1, -0.05) is 0 Å². The third-order valence-corrected chi connectivity index (χ3v) is 1.68. The molecule has 0 radical (unpaired) electrons. The maximum Gasteiger partial charge on any atom is 0.0679 e. The van der Waals surface area contributed by atoms with E-state index in [1.165, 1.54) is 0 Å². The second kappa shape index (κ2) is 3.15. The third kappa shape index (κ3) is 1.93.